The minimum absolute atomic E-state index is 0.242. The van der Waals surface area contributed by atoms with Gasteiger partial charge < -0.3 is 9.47 Å². The number of esters is 1. The largest absolute Gasteiger partial charge is 0.448 e. The van der Waals surface area contributed by atoms with Gasteiger partial charge in [-0.1, -0.05) is 29.8 Å². The smallest absolute Gasteiger partial charge is 0.415 e. The Bertz CT molecular complexity index is 553. The number of alkyl halides is 1. The molecule has 0 N–H and O–H groups in total. The van der Waals surface area contributed by atoms with Crippen LogP contribution in [-0.4, -0.2) is 29.8 Å². The van der Waals surface area contributed by atoms with Crippen molar-refractivity contribution >= 4 is 29.4 Å². The highest BCUT2D eigenvalue weighted by Gasteiger charge is 2.41. The number of anilines is 1. The first-order valence-corrected chi connectivity index (χ1v) is 7.19. The van der Waals surface area contributed by atoms with Crippen LogP contribution in [0.15, 0.2) is 24.3 Å². The Morgan fingerprint density at radius 2 is 2.00 bits per heavy atom. The lowest BCUT2D eigenvalue weighted by Crippen LogP contribution is -2.46. The molecule has 1 atom stereocenters. The molecule has 1 amide bonds. The van der Waals surface area contributed by atoms with Crippen molar-refractivity contribution in [3.05, 3.63) is 29.8 Å². The van der Waals surface area contributed by atoms with E-state index in [1.165, 1.54) is 4.90 Å². The van der Waals surface area contributed by atoms with E-state index in [0.717, 1.165) is 5.56 Å². The second-order valence-corrected chi connectivity index (χ2v) is 5.99. The van der Waals surface area contributed by atoms with Crippen LogP contribution in [0.5, 0.6) is 0 Å². The van der Waals surface area contributed by atoms with Gasteiger partial charge >= 0.3 is 12.1 Å². The molecule has 5 nitrogen and oxygen atoms in total. The van der Waals surface area contributed by atoms with Crippen LogP contribution in [0.1, 0.15) is 26.3 Å². The molecule has 1 aromatic rings. The quantitative estimate of drug-likeness (QED) is 0.622. The van der Waals surface area contributed by atoms with E-state index in [0.29, 0.717) is 12.1 Å². The molecule has 1 aliphatic heterocycles. The molecule has 0 radical (unpaired) electrons. The fourth-order valence-corrected chi connectivity index (χ4v) is 2.37. The molecule has 0 spiro atoms. The van der Waals surface area contributed by atoms with E-state index in [4.69, 9.17) is 21.1 Å². The van der Waals surface area contributed by atoms with Crippen molar-refractivity contribution in [3.63, 3.8) is 0 Å². The summed E-state index contributed by atoms with van der Waals surface area (Å²) in [6, 6.07) is 6.35. The van der Waals surface area contributed by atoms with Crippen molar-refractivity contribution in [2.24, 2.45) is 0 Å². The van der Waals surface area contributed by atoms with Crippen LogP contribution in [0.2, 0.25) is 0 Å². The van der Waals surface area contributed by atoms with E-state index in [9.17, 15) is 9.59 Å². The summed E-state index contributed by atoms with van der Waals surface area (Å²) >= 11 is 5.44. The van der Waals surface area contributed by atoms with E-state index < -0.39 is 23.7 Å². The number of carbonyl (C=O) groups excluding carboxylic acids is 2. The summed E-state index contributed by atoms with van der Waals surface area (Å²) in [6.45, 7) is 5.33. The van der Waals surface area contributed by atoms with Gasteiger partial charge in [-0.2, -0.15) is 0 Å². The molecule has 6 heteroatoms. The SMILES string of the molecule is CC(C)(C)OC(=O)N1c2ccccc2C[C@H]1C(=O)OCCl. The van der Waals surface area contributed by atoms with Gasteiger partial charge in [-0.05, 0) is 32.4 Å². The zero-order valence-corrected chi connectivity index (χ0v) is 13.0. The number of carbonyl (C=O) groups is 2. The first-order chi connectivity index (χ1) is 9.83. The highest BCUT2D eigenvalue weighted by molar-refractivity contribution is 6.17. The second-order valence-electron chi connectivity index (χ2n) is 5.77. The number of hydrogen-bond acceptors (Lipinski definition) is 4. The van der Waals surface area contributed by atoms with Gasteiger partial charge in [-0.25, -0.2) is 9.59 Å². The summed E-state index contributed by atoms with van der Waals surface area (Å²) < 4.78 is 10.2. The predicted octanol–water partition coefficient (Wildman–Crippen LogP) is 3.09. The summed E-state index contributed by atoms with van der Waals surface area (Å²) in [5, 5.41) is 0. The lowest BCUT2D eigenvalue weighted by Gasteiger charge is -2.28. The zero-order chi connectivity index (χ0) is 15.6. The minimum atomic E-state index is -0.740. The summed E-state index contributed by atoms with van der Waals surface area (Å²) in [6.07, 6.45) is -0.172. The van der Waals surface area contributed by atoms with Gasteiger partial charge in [0.1, 0.15) is 11.6 Å². The van der Waals surface area contributed by atoms with Gasteiger partial charge in [0.05, 0.1) is 5.69 Å². The Morgan fingerprint density at radius 1 is 1.33 bits per heavy atom. The third-order valence-electron chi connectivity index (χ3n) is 3.04. The molecule has 0 aromatic heterocycles. The maximum Gasteiger partial charge on any atom is 0.415 e. The summed E-state index contributed by atoms with van der Waals surface area (Å²) in [7, 11) is 0. The second kappa shape index (κ2) is 5.93. The molecule has 0 saturated carbocycles. The van der Waals surface area contributed by atoms with Gasteiger partial charge in [0.15, 0.2) is 6.07 Å². The van der Waals surface area contributed by atoms with Crippen LogP contribution in [0.4, 0.5) is 10.5 Å². The molecule has 0 fully saturated rings. The molecule has 21 heavy (non-hydrogen) atoms. The fourth-order valence-electron chi connectivity index (χ4n) is 2.26. The first-order valence-electron chi connectivity index (χ1n) is 6.66. The molecule has 1 aliphatic rings. The third-order valence-corrected chi connectivity index (χ3v) is 3.14. The molecular formula is C15H18ClNO4. The number of halogens is 1. The number of fused-ring (bicyclic) bond motifs is 1. The summed E-state index contributed by atoms with van der Waals surface area (Å²) in [4.78, 5) is 25.8. The molecule has 114 valence electrons. The molecule has 0 bridgehead atoms. The molecule has 2 rings (SSSR count). The number of para-hydroxylation sites is 1. The van der Waals surface area contributed by atoms with E-state index in [1.807, 2.05) is 18.2 Å². The first kappa shape index (κ1) is 15.6. The van der Waals surface area contributed by atoms with Gasteiger partial charge in [0.2, 0.25) is 0 Å². The molecular weight excluding hydrogens is 294 g/mol. The monoisotopic (exact) mass is 311 g/mol. The summed E-state index contributed by atoms with van der Waals surface area (Å²) in [5.41, 5.74) is 0.929. The molecule has 0 aliphatic carbocycles. The highest BCUT2D eigenvalue weighted by Crippen LogP contribution is 2.33. The van der Waals surface area contributed by atoms with Crippen molar-refractivity contribution in [2.75, 3.05) is 11.0 Å². The lowest BCUT2D eigenvalue weighted by molar-refractivity contribution is -0.143. The standard InChI is InChI=1S/C15H18ClNO4/c1-15(2,3)21-14(19)17-11-7-5-4-6-10(11)8-12(17)13(18)20-9-16/h4-7,12H,8-9H2,1-3H3/t12-/m0/s1. The Hall–Kier alpha value is -1.75. The number of ether oxygens (including phenoxy) is 2. The average molecular weight is 312 g/mol. The number of rotatable bonds is 2. The molecule has 1 aromatic carbocycles. The van der Waals surface area contributed by atoms with Gasteiger partial charge in [-0.15, -0.1) is 0 Å². The Labute approximate surface area is 128 Å². The average Bonchev–Trinajstić information content (AvgIpc) is 2.76. The van der Waals surface area contributed by atoms with Crippen LogP contribution in [0.25, 0.3) is 0 Å². The molecule has 0 unspecified atom stereocenters. The van der Waals surface area contributed by atoms with Crippen molar-refractivity contribution < 1.29 is 19.1 Å². The Balaban J connectivity index is 2.31. The van der Waals surface area contributed by atoms with Crippen LogP contribution < -0.4 is 4.90 Å². The summed E-state index contributed by atoms with van der Waals surface area (Å²) in [5.74, 6) is -0.535. The normalized spacial score (nSPS) is 17.3. The highest BCUT2D eigenvalue weighted by atomic mass is 35.5. The number of amides is 1. The van der Waals surface area contributed by atoms with Crippen LogP contribution in [-0.2, 0) is 20.7 Å². The van der Waals surface area contributed by atoms with Gasteiger partial charge in [0.25, 0.3) is 0 Å². The van der Waals surface area contributed by atoms with E-state index in [1.54, 1.807) is 26.8 Å². The number of benzene rings is 1. The number of nitrogens with zero attached hydrogens (tertiary/aromatic N) is 1. The lowest BCUT2D eigenvalue weighted by atomic mass is 10.1. The fraction of sp³-hybridized carbons (Fsp3) is 0.467. The number of hydrogen-bond donors (Lipinski definition) is 0. The minimum Gasteiger partial charge on any atom is -0.448 e. The molecule has 0 saturated heterocycles. The van der Waals surface area contributed by atoms with Crippen molar-refractivity contribution in [1.29, 1.82) is 0 Å². The predicted molar refractivity (Wildman–Crippen MR) is 79.5 cm³/mol. The van der Waals surface area contributed by atoms with Crippen molar-refractivity contribution in [1.82, 2.24) is 0 Å². The Morgan fingerprint density at radius 3 is 2.62 bits per heavy atom. The Kier molecular flexibility index (Phi) is 4.42. The topological polar surface area (TPSA) is 55.8 Å². The van der Waals surface area contributed by atoms with Gasteiger partial charge in [0, 0.05) is 6.42 Å². The van der Waals surface area contributed by atoms with Crippen molar-refractivity contribution in [3.8, 4) is 0 Å². The van der Waals surface area contributed by atoms with E-state index in [2.05, 4.69) is 0 Å². The maximum atomic E-state index is 12.4. The molecule has 1 heterocycles. The maximum absolute atomic E-state index is 12.4. The van der Waals surface area contributed by atoms with Crippen molar-refractivity contribution in [2.45, 2.75) is 38.8 Å². The van der Waals surface area contributed by atoms with E-state index in [-0.39, 0.29) is 6.07 Å². The van der Waals surface area contributed by atoms with Gasteiger partial charge in [-0.3, -0.25) is 4.90 Å². The van der Waals surface area contributed by atoms with Crippen LogP contribution in [0.3, 0.4) is 0 Å². The van der Waals surface area contributed by atoms with E-state index >= 15 is 0 Å². The third kappa shape index (κ3) is 3.47. The van der Waals surface area contributed by atoms with Crippen LogP contribution >= 0.6 is 11.6 Å². The van der Waals surface area contributed by atoms with Crippen LogP contribution in [0, 0.1) is 0 Å². The zero-order valence-electron chi connectivity index (χ0n) is 12.3.